The molecule has 0 spiro atoms. The van der Waals surface area contributed by atoms with E-state index in [-0.39, 0.29) is 17.8 Å². The number of hydrogen-bond donors (Lipinski definition) is 2. The van der Waals surface area contributed by atoms with Crippen LogP contribution in [-0.4, -0.2) is 23.5 Å². The number of nitrogens with two attached hydrogens (primary N) is 1. The van der Waals surface area contributed by atoms with E-state index in [2.05, 4.69) is 10.3 Å². The maximum absolute atomic E-state index is 13.6. The zero-order valence-corrected chi connectivity index (χ0v) is 12.6. The Labute approximate surface area is 127 Å². The van der Waals surface area contributed by atoms with E-state index in [1.54, 1.807) is 23.6 Å². The molecule has 1 amide bonds. The summed E-state index contributed by atoms with van der Waals surface area (Å²) in [4.78, 5) is 16.1. The second-order valence-corrected chi connectivity index (χ2v) is 5.86. The Kier molecular flexibility index (Phi) is 5.41. The smallest absolute Gasteiger partial charge is 0.270 e. The van der Waals surface area contributed by atoms with Gasteiger partial charge in [-0.1, -0.05) is 18.2 Å². The molecule has 4 nitrogen and oxygen atoms in total. The maximum atomic E-state index is 13.6. The van der Waals surface area contributed by atoms with Crippen LogP contribution < -0.4 is 11.1 Å². The molecule has 0 saturated heterocycles. The third-order valence-electron chi connectivity index (χ3n) is 2.97. The second-order valence-electron chi connectivity index (χ2n) is 4.92. The highest BCUT2D eigenvalue weighted by Gasteiger charge is 2.12. The molecule has 0 aliphatic rings. The van der Waals surface area contributed by atoms with Gasteiger partial charge in [-0.25, -0.2) is 9.37 Å². The quantitative estimate of drug-likeness (QED) is 0.860. The summed E-state index contributed by atoms with van der Waals surface area (Å²) in [7, 11) is 0. The lowest BCUT2D eigenvalue weighted by Gasteiger charge is -2.05. The minimum Gasteiger partial charge on any atom is -0.351 e. The monoisotopic (exact) mass is 307 g/mol. The molecule has 1 aromatic carbocycles. The first-order chi connectivity index (χ1) is 10.1. The number of aromatic nitrogens is 1. The summed E-state index contributed by atoms with van der Waals surface area (Å²) in [5, 5.41) is 5.18. The summed E-state index contributed by atoms with van der Waals surface area (Å²) in [5.74, 6) is -0.470. The molecule has 0 fully saturated rings. The summed E-state index contributed by atoms with van der Waals surface area (Å²) in [6.07, 6.45) is 1.11. The van der Waals surface area contributed by atoms with Gasteiger partial charge < -0.3 is 11.1 Å². The standard InChI is InChI=1S/C15H18FN3OS/c1-10(17)6-7-18-15(20)13-9-21-14(19-13)8-11-4-2-3-5-12(11)16/h2-5,9-10H,6-8,17H2,1H3,(H,18,20). The molecular weight excluding hydrogens is 289 g/mol. The number of amides is 1. The van der Waals surface area contributed by atoms with Crippen molar-refractivity contribution < 1.29 is 9.18 Å². The van der Waals surface area contributed by atoms with Gasteiger partial charge in [-0.05, 0) is 25.0 Å². The van der Waals surface area contributed by atoms with Crippen molar-refractivity contribution in [2.45, 2.75) is 25.8 Å². The predicted molar refractivity (Wildman–Crippen MR) is 81.9 cm³/mol. The van der Waals surface area contributed by atoms with E-state index in [1.807, 2.05) is 6.92 Å². The van der Waals surface area contributed by atoms with Gasteiger partial charge in [-0.15, -0.1) is 11.3 Å². The maximum Gasteiger partial charge on any atom is 0.270 e. The summed E-state index contributed by atoms with van der Waals surface area (Å²) >= 11 is 1.36. The van der Waals surface area contributed by atoms with Crippen LogP contribution in [0.15, 0.2) is 29.6 Å². The molecule has 1 atom stereocenters. The van der Waals surface area contributed by atoms with Crippen molar-refractivity contribution in [3.8, 4) is 0 Å². The molecule has 0 aliphatic carbocycles. The van der Waals surface area contributed by atoms with Crippen LogP contribution in [0.25, 0.3) is 0 Å². The van der Waals surface area contributed by atoms with Crippen molar-refractivity contribution in [1.82, 2.24) is 10.3 Å². The minimum absolute atomic E-state index is 0.0531. The lowest BCUT2D eigenvalue weighted by Crippen LogP contribution is -2.29. The van der Waals surface area contributed by atoms with Crippen LogP contribution in [0.3, 0.4) is 0 Å². The summed E-state index contributed by atoms with van der Waals surface area (Å²) in [6, 6.07) is 6.63. The molecule has 1 aromatic heterocycles. The molecule has 0 radical (unpaired) electrons. The topological polar surface area (TPSA) is 68.0 Å². The third-order valence-corrected chi connectivity index (χ3v) is 3.82. The Morgan fingerprint density at radius 1 is 1.48 bits per heavy atom. The largest absolute Gasteiger partial charge is 0.351 e. The molecular formula is C15H18FN3OS. The van der Waals surface area contributed by atoms with Gasteiger partial charge in [-0.2, -0.15) is 0 Å². The molecule has 1 unspecified atom stereocenters. The Bertz CT molecular complexity index is 612. The lowest BCUT2D eigenvalue weighted by atomic mass is 10.1. The van der Waals surface area contributed by atoms with Crippen molar-refractivity contribution >= 4 is 17.2 Å². The molecule has 112 valence electrons. The molecule has 21 heavy (non-hydrogen) atoms. The fraction of sp³-hybridized carbons (Fsp3) is 0.333. The Morgan fingerprint density at radius 2 is 2.24 bits per heavy atom. The van der Waals surface area contributed by atoms with Crippen LogP contribution in [0.4, 0.5) is 4.39 Å². The number of carbonyl (C=O) groups excluding carboxylic acids is 1. The van der Waals surface area contributed by atoms with Gasteiger partial charge in [0.2, 0.25) is 0 Å². The molecule has 6 heteroatoms. The number of hydrogen-bond acceptors (Lipinski definition) is 4. The van der Waals surface area contributed by atoms with Crippen molar-refractivity contribution in [1.29, 1.82) is 0 Å². The number of rotatable bonds is 6. The number of halogens is 1. The second kappa shape index (κ2) is 7.28. The number of nitrogens with zero attached hydrogens (tertiary/aromatic N) is 1. The molecule has 0 bridgehead atoms. The van der Waals surface area contributed by atoms with Crippen LogP contribution in [0, 0.1) is 5.82 Å². The van der Waals surface area contributed by atoms with Crippen molar-refractivity contribution in [2.75, 3.05) is 6.54 Å². The molecule has 2 aromatic rings. The van der Waals surface area contributed by atoms with Crippen LogP contribution in [-0.2, 0) is 6.42 Å². The fourth-order valence-corrected chi connectivity index (χ4v) is 2.60. The molecule has 1 heterocycles. The molecule has 3 N–H and O–H groups in total. The van der Waals surface area contributed by atoms with Crippen LogP contribution >= 0.6 is 11.3 Å². The van der Waals surface area contributed by atoms with Gasteiger partial charge in [0.15, 0.2) is 0 Å². The van der Waals surface area contributed by atoms with Gasteiger partial charge in [0.1, 0.15) is 11.5 Å². The number of nitrogens with one attached hydrogen (secondary N) is 1. The molecule has 0 saturated carbocycles. The SMILES string of the molecule is CC(N)CCNC(=O)c1csc(Cc2ccccc2F)n1. The van der Waals surface area contributed by atoms with Crippen LogP contribution in [0.5, 0.6) is 0 Å². The average molecular weight is 307 g/mol. The molecule has 2 rings (SSSR count). The first-order valence-corrected chi connectivity index (χ1v) is 7.66. The number of thiazole rings is 1. The van der Waals surface area contributed by atoms with Gasteiger partial charge in [0.05, 0.1) is 5.01 Å². The molecule has 0 aliphatic heterocycles. The van der Waals surface area contributed by atoms with Crippen molar-refractivity contribution in [3.63, 3.8) is 0 Å². The summed E-state index contributed by atoms with van der Waals surface area (Å²) < 4.78 is 13.6. The third kappa shape index (κ3) is 4.61. The van der Waals surface area contributed by atoms with E-state index >= 15 is 0 Å². The Morgan fingerprint density at radius 3 is 2.95 bits per heavy atom. The van der Waals surface area contributed by atoms with E-state index in [9.17, 15) is 9.18 Å². The number of benzene rings is 1. The van der Waals surface area contributed by atoms with Crippen molar-refractivity contribution in [3.05, 3.63) is 51.7 Å². The predicted octanol–water partition coefficient (Wildman–Crippen LogP) is 2.34. The summed E-state index contributed by atoms with van der Waals surface area (Å²) in [6.45, 7) is 2.41. The number of carbonyl (C=O) groups is 1. The van der Waals surface area contributed by atoms with Gasteiger partial charge >= 0.3 is 0 Å². The first kappa shape index (κ1) is 15.6. The van der Waals surface area contributed by atoms with Gasteiger partial charge in [0, 0.05) is 24.4 Å². The van der Waals surface area contributed by atoms with E-state index in [4.69, 9.17) is 5.73 Å². The minimum atomic E-state index is -0.254. The summed E-state index contributed by atoms with van der Waals surface area (Å²) in [5.41, 5.74) is 6.57. The highest BCUT2D eigenvalue weighted by molar-refractivity contribution is 7.09. The van der Waals surface area contributed by atoms with E-state index < -0.39 is 0 Å². The fourth-order valence-electron chi connectivity index (χ4n) is 1.80. The van der Waals surface area contributed by atoms with E-state index in [1.165, 1.54) is 17.4 Å². The Hall–Kier alpha value is -1.79. The van der Waals surface area contributed by atoms with E-state index in [0.717, 1.165) is 11.4 Å². The van der Waals surface area contributed by atoms with Gasteiger partial charge in [0.25, 0.3) is 5.91 Å². The van der Waals surface area contributed by atoms with Gasteiger partial charge in [-0.3, -0.25) is 4.79 Å². The Balaban J connectivity index is 1.95. The first-order valence-electron chi connectivity index (χ1n) is 6.78. The highest BCUT2D eigenvalue weighted by Crippen LogP contribution is 2.17. The van der Waals surface area contributed by atoms with Crippen LogP contribution in [0.2, 0.25) is 0 Å². The zero-order valence-electron chi connectivity index (χ0n) is 11.8. The van der Waals surface area contributed by atoms with Crippen LogP contribution in [0.1, 0.15) is 34.4 Å². The van der Waals surface area contributed by atoms with E-state index in [0.29, 0.717) is 24.2 Å². The average Bonchev–Trinajstić information content (AvgIpc) is 2.89. The highest BCUT2D eigenvalue weighted by atomic mass is 32.1. The zero-order chi connectivity index (χ0) is 15.2. The normalized spacial score (nSPS) is 12.1. The lowest BCUT2D eigenvalue weighted by molar-refractivity contribution is 0.0948. The van der Waals surface area contributed by atoms with Crippen molar-refractivity contribution in [2.24, 2.45) is 5.73 Å².